The lowest BCUT2D eigenvalue weighted by atomic mass is 9.85. The Morgan fingerprint density at radius 3 is 2.32 bits per heavy atom. The SMILES string of the molecule is CCC(C)(C)Cc1cnc(C(C)(Cc2ccc(-c3ccc(F)cn3)cc2)NC(=O)OCc2ccccc2)[nH]1. The first-order valence-corrected chi connectivity index (χ1v) is 12.9. The number of H-pyrrole nitrogens is 1. The number of aromatic amines is 1. The van der Waals surface area contributed by atoms with Crippen LogP contribution in [0.2, 0.25) is 0 Å². The molecule has 0 fully saturated rings. The molecule has 0 aliphatic carbocycles. The van der Waals surface area contributed by atoms with Crippen LogP contribution in [0, 0.1) is 11.2 Å². The van der Waals surface area contributed by atoms with Gasteiger partial charge in [-0.1, -0.05) is 81.8 Å². The second-order valence-electron chi connectivity index (χ2n) is 10.7. The maximum Gasteiger partial charge on any atom is 0.408 e. The fourth-order valence-electron chi connectivity index (χ4n) is 4.29. The molecule has 4 aromatic rings. The van der Waals surface area contributed by atoms with Crippen molar-refractivity contribution in [1.82, 2.24) is 20.3 Å². The summed E-state index contributed by atoms with van der Waals surface area (Å²) in [6.07, 6.45) is 4.91. The molecule has 0 aliphatic rings. The molecule has 0 bridgehead atoms. The van der Waals surface area contributed by atoms with Gasteiger partial charge in [-0.25, -0.2) is 14.2 Å². The summed E-state index contributed by atoms with van der Waals surface area (Å²) in [5.74, 6) is 0.298. The minimum Gasteiger partial charge on any atom is -0.445 e. The van der Waals surface area contributed by atoms with Crippen LogP contribution < -0.4 is 5.32 Å². The number of ether oxygens (including phenoxy) is 1. The predicted molar refractivity (Wildman–Crippen MR) is 147 cm³/mol. The van der Waals surface area contributed by atoms with Crippen molar-refractivity contribution < 1.29 is 13.9 Å². The number of alkyl carbamates (subject to hydrolysis) is 1. The number of carbonyl (C=O) groups is 1. The van der Waals surface area contributed by atoms with Gasteiger partial charge in [-0.2, -0.15) is 0 Å². The molecule has 4 rings (SSSR count). The smallest absolute Gasteiger partial charge is 0.408 e. The van der Waals surface area contributed by atoms with E-state index in [-0.39, 0.29) is 17.8 Å². The summed E-state index contributed by atoms with van der Waals surface area (Å²) in [6.45, 7) is 8.75. The topological polar surface area (TPSA) is 79.9 Å². The Balaban J connectivity index is 1.55. The number of imidazole rings is 1. The first kappa shape index (κ1) is 27.0. The molecule has 0 saturated heterocycles. The van der Waals surface area contributed by atoms with Crippen molar-refractivity contribution in [2.75, 3.05) is 0 Å². The molecule has 1 amide bonds. The van der Waals surface area contributed by atoms with Crippen molar-refractivity contribution in [3.05, 3.63) is 108 Å². The minimum atomic E-state index is -0.849. The highest BCUT2D eigenvalue weighted by Gasteiger charge is 2.33. The lowest BCUT2D eigenvalue weighted by Gasteiger charge is -2.29. The van der Waals surface area contributed by atoms with Crippen molar-refractivity contribution >= 4 is 6.09 Å². The quantitative estimate of drug-likeness (QED) is 0.239. The average molecular weight is 515 g/mol. The van der Waals surface area contributed by atoms with E-state index in [0.717, 1.165) is 35.2 Å². The predicted octanol–water partition coefficient (Wildman–Crippen LogP) is 6.97. The Labute approximate surface area is 223 Å². The molecule has 7 heteroatoms. The maximum atomic E-state index is 13.3. The van der Waals surface area contributed by atoms with Crippen LogP contribution in [0.4, 0.5) is 9.18 Å². The summed E-state index contributed by atoms with van der Waals surface area (Å²) < 4.78 is 18.8. The van der Waals surface area contributed by atoms with E-state index in [1.807, 2.05) is 67.7 Å². The van der Waals surface area contributed by atoms with Gasteiger partial charge < -0.3 is 15.0 Å². The lowest BCUT2D eigenvalue weighted by Crippen LogP contribution is -2.46. The van der Waals surface area contributed by atoms with E-state index in [1.54, 1.807) is 6.07 Å². The number of amides is 1. The zero-order valence-corrected chi connectivity index (χ0v) is 22.4. The first-order chi connectivity index (χ1) is 18.2. The van der Waals surface area contributed by atoms with Crippen molar-refractivity contribution in [3.63, 3.8) is 0 Å². The molecule has 2 aromatic heterocycles. The van der Waals surface area contributed by atoms with Crippen LogP contribution >= 0.6 is 0 Å². The molecule has 0 saturated carbocycles. The van der Waals surface area contributed by atoms with Crippen molar-refractivity contribution in [2.24, 2.45) is 5.41 Å². The largest absolute Gasteiger partial charge is 0.445 e. The van der Waals surface area contributed by atoms with Gasteiger partial charge in [0.1, 0.15) is 23.8 Å². The maximum absolute atomic E-state index is 13.3. The van der Waals surface area contributed by atoms with E-state index in [4.69, 9.17) is 4.74 Å². The molecular weight excluding hydrogens is 479 g/mol. The highest BCUT2D eigenvalue weighted by molar-refractivity contribution is 5.68. The standard InChI is InChI=1S/C31H35FN4O2/c1-5-30(2,3)18-26-20-34-28(35-26)31(4,36-29(37)38-21-23-9-7-6-8-10-23)17-22-11-13-24(14-12-22)27-16-15-25(32)19-33-27/h6-16,19-20H,5,17-18,21H2,1-4H3,(H,34,35)(H,36,37). The van der Waals surface area contributed by atoms with Crippen LogP contribution in [0.15, 0.2) is 79.1 Å². The first-order valence-electron chi connectivity index (χ1n) is 12.9. The summed E-state index contributed by atoms with van der Waals surface area (Å²) in [7, 11) is 0. The van der Waals surface area contributed by atoms with Crippen LogP contribution in [0.3, 0.4) is 0 Å². The second kappa shape index (κ2) is 11.6. The van der Waals surface area contributed by atoms with Crippen LogP contribution in [-0.4, -0.2) is 21.0 Å². The van der Waals surface area contributed by atoms with Crippen molar-refractivity contribution in [3.8, 4) is 11.3 Å². The number of rotatable bonds is 10. The van der Waals surface area contributed by atoms with Gasteiger partial charge in [0.05, 0.1) is 11.9 Å². The summed E-state index contributed by atoms with van der Waals surface area (Å²) in [4.78, 5) is 25.2. The van der Waals surface area contributed by atoms with Crippen LogP contribution in [0.5, 0.6) is 0 Å². The Kier molecular flexibility index (Phi) is 8.25. The number of hydrogen-bond acceptors (Lipinski definition) is 4. The van der Waals surface area contributed by atoms with Gasteiger partial charge in [0.25, 0.3) is 0 Å². The minimum absolute atomic E-state index is 0.131. The lowest BCUT2D eigenvalue weighted by molar-refractivity contribution is 0.126. The Morgan fingerprint density at radius 2 is 1.66 bits per heavy atom. The van der Waals surface area contributed by atoms with Crippen LogP contribution in [-0.2, 0) is 29.7 Å². The number of halogens is 1. The van der Waals surface area contributed by atoms with Gasteiger partial charge in [0.2, 0.25) is 0 Å². The molecule has 6 nitrogen and oxygen atoms in total. The van der Waals surface area contributed by atoms with E-state index >= 15 is 0 Å². The number of nitrogens with one attached hydrogen (secondary N) is 2. The van der Waals surface area contributed by atoms with E-state index in [1.165, 1.54) is 12.3 Å². The third kappa shape index (κ3) is 7.06. The molecule has 38 heavy (non-hydrogen) atoms. The third-order valence-corrected chi connectivity index (χ3v) is 6.90. The molecule has 0 spiro atoms. The van der Waals surface area contributed by atoms with Gasteiger partial charge in [-0.15, -0.1) is 0 Å². The van der Waals surface area contributed by atoms with E-state index in [9.17, 15) is 9.18 Å². The normalized spacial score (nSPS) is 13.1. The van der Waals surface area contributed by atoms with Gasteiger partial charge in [-0.05, 0) is 42.0 Å². The van der Waals surface area contributed by atoms with Crippen LogP contribution in [0.1, 0.15) is 56.8 Å². The molecule has 2 N–H and O–H groups in total. The Morgan fingerprint density at radius 1 is 0.921 bits per heavy atom. The molecule has 0 radical (unpaired) electrons. The molecule has 2 aromatic carbocycles. The van der Waals surface area contributed by atoms with Crippen molar-refractivity contribution in [1.29, 1.82) is 0 Å². The number of carbonyl (C=O) groups excluding carboxylic acids is 1. The second-order valence-corrected chi connectivity index (χ2v) is 10.7. The van der Waals surface area contributed by atoms with Gasteiger partial charge in [0, 0.05) is 23.9 Å². The Bertz CT molecular complexity index is 1330. The number of pyridine rings is 1. The molecule has 0 aliphatic heterocycles. The third-order valence-electron chi connectivity index (χ3n) is 6.90. The summed E-state index contributed by atoms with van der Waals surface area (Å²) in [5.41, 5.74) is 3.79. The fraction of sp³-hybridized carbons (Fsp3) is 0.323. The summed E-state index contributed by atoms with van der Waals surface area (Å²) >= 11 is 0. The summed E-state index contributed by atoms with van der Waals surface area (Å²) in [5, 5.41) is 3.06. The van der Waals surface area contributed by atoms with Crippen LogP contribution in [0.25, 0.3) is 11.3 Å². The molecule has 198 valence electrons. The zero-order chi connectivity index (χ0) is 27.2. The Hall–Kier alpha value is -4.00. The molecular formula is C31H35FN4O2. The molecule has 1 unspecified atom stereocenters. The number of nitrogens with zero attached hydrogens (tertiary/aromatic N) is 2. The van der Waals surface area contributed by atoms with E-state index < -0.39 is 11.6 Å². The fourth-order valence-corrected chi connectivity index (χ4v) is 4.29. The van der Waals surface area contributed by atoms with E-state index in [0.29, 0.717) is 17.9 Å². The van der Waals surface area contributed by atoms with Gasteiger partial charge in [0.15, 0.2) is 0 Å². The van der Waals surface area contributed by atoms with Gasteiger partial charge >= 0.3 is 6.09 Å². The number of benzene rings is 2. The number of aromatic nitrogens is 3. The van der Waals surface area contributed by atoms with Crippen molar-refractivity contribution in [2.45, 2.75) is 59.1 Å². The monoisotopic (exact) mass is 514 g/mol. The number of hydrogen-bond donors (Lipinski definition) is 2. The molecule has 2 heterocycles. The summed E-state index contributed by atoms with van der Waals surface area (Å²) in [6, 6.07) is 20.5. The average Bonchev–Trinajstić information content (AvgIpc) is 3.38. The molecule has 1 atom stereocenters. The van der Waals surface area contributed by atoms with Gasteiger partial charge in [-0.3, -0.25) is 4.98 Å². The zero-order valence-electron chi connectivity index (χ0n) is 22.4. The highest BCUT2D eigenvalue weighted by atomic mass is 19.1. The van der Waals surface area contributed by atoms with E-state index in [2.05, 4.69) is 41.0 Å². The highest BCUT2D eigenvalue weighted by Crippen LogP contribution is 2.29.